The fourth-order valence-corrected chi connectivity index (χ4v) is 4.18. The molecule has 2 atom stereocenters. The molecule has 4 rings (SSSR count). The third-order valence-corrected chi connectivity index (χ3v) is 5.77. The third-order valence-electron chi connectivity index (χ3n) is 5.77. The summed E-state index contributed by atoms with van der Waals surface area (Å²) in [6, 6.07) is 9.59. The Morgan fingerprint density at radius 3 is 2.42 bits per heavy atom. The second-order valence-electron chi connectivity index (χ2n) is 7.91. The minimum absolute atomic E-state index is 0.00387. The predicted molar refractivity (Wildman–Crippen MR) is 98.7 cm³/mol. The fourth-order valence-electron chi connectivity index (χ4n) is 4.18. The van der Waals surface area contributed by atoms with Gasteiger partial charge in [-0.25, -0.2) is 0 Å². The fraction of sp³-hybridized carbons (Fsp3) is 0.619. The Bertz CT molecular complexity index is 638. The van der Waals surface area contributed by atoms with Gasteiger partial charge in [0.2, 0.25) is 11.8 Å². The van der Waals surface area contributed by atoms with Crippen LogP contribution in [0.2, 0.25) is 0 Å². The Morgan fingerprint density at radius 1 is 1.00 bits per heavy atom. The van der Waals surface area contributed by atoms with E-state index in [0.29, 0.717) is 19.0 Å². The van der Waals surface area contributed by atoms with Crippen molar-refractivity contribution in [3.8, 4) is 5.75 Å². The van der Waals surface area contributed by atoms with Crippen LogP contribution in [-0.2, 0) is 9.59 Å². The van der Waals surface area contributed by atoms with Gasteiger partial charge in [0.15, 0.2) is 0 Å². The number of carbonyl (C=O) groups excluding carboxylic acids is 2. The number of rotatable bonds is 5. The highest BCUT2D eigenvalue weighted by atomic mass is 16.5. The van der Waals surface area contributed by atoms with Gasteiger partial charge in [-0.2, -0.15) is 0 Å². The summed E-state index contributed by atoms with van der Waals surface area (Å²) < 4.78 is 6.07. The minimum Gasteiger partial charge on any atom is -0.488 e. The third kappa shape index (κ3) is 4.02. The summed E-state index contributed by atoms with van der Waals surface area (Å²) in [4.78, 5) is 27.6. The van der Waals surface area contributed by atoms with Crippen molar-refractivity contribution in [1.82, 2.24) is 10.2 Å². The zero-order chi connectivity index (χ0) is 17.9. The van der Waals surface area contributed by atoms with Crippen molar-refractivity contribution in [1.29, 1.82) is 0 Å². The van der Waals surface area contributed by atoms with E-state index in [9.17, 15) is 9.59 Å². The maximum atomic E-state index is 13.1. The molecule has 5 heteroatoms. The minimum atomic E-state index is -0.390. The lowest BCUT2D eigenvalue weighted by molar-refractivity contribution is -0.142. The van der Waals surface area contributed by atoms with Crippen LogP contribution >= 0.6 is 0 Å². The van der Waals surface area contributed by atoms with Crippen molar-refractivity contribution in [3.63, 3.8) is 0 Å². The van der Waals surface area contributed by atoms with E-state index in [1.165, 1.54) is 6.42 Å². The molecule has 0 unspecified atom stereocenters. The molecule has 1 aromatic rings. The summed E-state index contributed by atoms with van der Waals surface area (Å²) >= 11 is 0. The number of ether oxygens (including phenoxy) is 1. The van der Waals surface area contributed by atoms with Crippen LogP contribution in [0.1, 0.15) is 51.4 Å². The molecule has 1 N–H and O–H groups in total. The van der Waals surface area contributed by atoms with Gasteiger partial charge in [0, 0.05) is 18.4 Å². The molecule has 2 amide bonds. The molecule has 2 aliphatic carbocycles. The number of hydrogen-bond donors (Lipinski definition) is 1. The molecule has 3 aliphatic rings. The van der Waals surface area contributed by atoms with E-state index < -0.39 is 6.04 Å². The average Bonchev–Trinajstić information content (AvgIpc) is 3.39. The first-order valence-corrected chi connectivity index (χ1v) is 10.0. The molecule has 0 aromatic heterocycles. The SMILES string of the molecule is O=C(NC1CC1)[C@@H]1C[C@H](Oc2ccccc2)CN1C(=O)C1CCCCC1. The first-order valence-electron chi connectivity index (χ1n) is 10.0. The number of nitrogens with one attached hydrogen (secondary N) is 1. The van der Waals surface area contributed by atoms with Crippen molar-refractivity contribution in [2.75, 3.05) is 6.54 Å². The zero-order valence-corrected chi connectivity index (χ0v) is 15.2. The number of benzene rings is 1. The molecule has 26 heavy (non-hydrogen) atoms. The van der Waals surface area contributed by atoms with Gasteiger partial charge >= 0.3 is 0 Å². The molecule has 0 spiro atoms. The number of carbonyl (C=O) groups is 2. The van der Waals surface area contributed by atoms with Crippen LogP contribution in [0.5, 0.6) is 5.75 Å². The molecule has 5 nitrogen and oxygen atoms in total. The summed E-state index contributed by atoms with van der Waals surface area (Å²) in [6.45, 7) is 0.507. The highest BCUT2D eigenvalue weighted by Gasteiger charge is 2.43. The Morgan fingerprint density at radius 2 is 1.73 bits per heavy atom. The van der Waals surface area contributed by atoms with Gasteiger partial charge in [-0.15, -0.1) is 0 Å². The van der Waals surface area contributed by atoms with Gasteiger partial charge in [0.05, 0.1) is 6.54 Å². The first-order chi connectivity index (χ1) is 12.7. The summed E-state index contributed by atoms with van der Waals surface area (Å²) in [5.74, 6) is 1.02. The smallest absolute Gasteiger partial charge is 0.243 e. The van der Waals surface area contributed by atoms with Crippen LogP contribution in [0, 0.1) is 5.92 Å². The van der Waals surface area contributed by atoms with Gasteiger partial charge in [-0.1, -0.05) is 37.5 Å². The van der Waals surface area contributed by atoms with Crippen LogP contribution in [0.3, 0.4) is 0 Å². The van der Waals surface area contributed by atoms with Crippen molar-refractivity contribution in [2.45, 2.75) is 69.6 Å². The van der Waals surface area contributed by atoms with Gasteiger partial charge in [-0.05, 0) is 37.8 Å². The first kappa shape index (κ1) is 17.4. The lowest BCUT2D eigenvalue weighted by atomic mass is 9.88. The van der Waals surface area contributed by atoms with E-state index in [2.05, 4.69) is 5.32 Å². The largest absolute Gasteiger partial charge is 0.488 e. The number of nitrogens with zero attached hydrogens (tertiary/aromatic N) is 1. The van der Waals surface area contributed by atoms with Gasteiger partial charge < -0.3 is 15.0 Å². The van der Waals surface area contributed by atoms with E-state index in [0.717, 1.165) is 44.3 Å². The molecule has 1 aliphatic heterocycles. The quantitative estimate of drug-likeness (QED) is 0.882. The highest BCUT2D eigenvalue weighted by Crippen LogP contribution is 2.31. The van der Waals surface area contributed by atoms with Crippen LogP contribution in [0.25, 0.3) is 0 Å². The van der Waals surface area contributed by atoms with Crippen molar-refractivity contribution < 1.29 is 14.3 Å². The molecular formula is C21H28N2O3. The molecular weight excluding hydrogens is 328 g/mol. The highest BCUT2D eigenvalue weighted by molar-refractivity contribution is 5.89. The maximum absolute atomic E-state index is 13.1. The second-order valence-corrected chi connectivity index (χ2v) is 7.91. The standard InChI is InChI=1S/C21H28N2O3/c24-20(22-16-11-12-16)19-13-18(26-17-9-5-2-6-10-17)14-23(19)21(25)15-7-3-1-4-8-15/h2,5-6,9-10,15-16,18-19H,1,3-4,7-8,11-14H2,(H,22,24)/t18-,19-/m0/s1. The predicted octanol–water partition coefficient (Wildman–Crippen LogP) is 2.89. The normalized spacial score (nSPS) is 26.5. The van der Waals surface area contributed by atoms with Crippen molar-refractivity contribution in [3.05, 3.63) is 30.3 Å². The second kappa shape index (κ2) is 7.68. The summed E-state index contributed by atoms with van der Waals surface area (Å²) in [5, 5.41) is 3.08. The van der Waals surface area contributed by atoms with E-state index in [1.807, 2.05) is 30.3 Å². The van der Waals surface area contributed by atoms with Crippen molar-refractivity contribution in [2.24, 2.45) is 5.92 Å². The molecule has 140 valence electrons. The monoisotopic (exact) mass is 356 g/mol. The zero-order valence-electron chi connectivity index (χ0n) is 15.2. The van der Waals surface area contributed by atoms with E-state index in [1.54, 1.807) is 4.90 Å². The van der Waals surface area contributed by atoms with E-state index in [4.69, 9.17) is 4.74 Å². The van der Waals surface area contributed by atoms with Crippen LogP contribution < -0.4 is 10.1 Å². The molecule has 3 fully saturated rings. The topological polar surface area (TPSA) is 58.6 Å². The molecule has 1 aromatic carbocycles. The van der Waals surface area contributed by atoms with Gasteiger partial charge in [0.1, 0.15) is 17.9 Å². The summed E-state index contributed by atoms with van der Waals surface area (Å²) in [5.41, 5.74) is 0. The molecule has 1 saturated heterocycles. The number of likely N-dealkylation sites (tertiary alicyclic amines) is 1. The Hall–Kier alpha value is -2.04. The van der Waals surface area contributed by atoms with Crippen LogP contribution in [-0.4, -0.2) is 41.4 Å². The molecule has 0 radical (unpaired) electrons. The van der Waals surface area contributed by atoms with E-state index in [-0.39, 0.29) is 23.8 Å². The maximum Gasteiger partial charge on any atom is 0.243 e. The summed E-state index contributed by atoms with van der Waals surface area (Å²) in [6.07, 6.45) is 7.92. The number of para-hydroxylation sites is 1. The molecule has 1 heterocycles. The lowest BCUT2D eigenvalue weighted by Gasteiger charge is -2.29. The van der Waals surface area contributed by atoms with Gasteiger partial charge in [0.25, 0.3) is 0 Å². The average molecular weight is 356 g/mol. The summed E-state index contributed by atoms with van der Waals surface area (Å²) in [7, 11) is 0. The Kier molecular flexibility index (Phi) is 5.14. The number of hydrogen-bond acceptors (Lipinski definition) is 3. The van der Waals surface area contributed by atoms with E-state index >= 15 is 0 Å². The lowest BCUT2D eigenvalue weighted by Crippen LogP contribution is -2.48. The number of amides is 2. The van der Waals surface area contributed by atoms with Crippen LogP contribution in [0.15, 0.2) is 30.3 Å². The Balaban J connectivity index is 1.46. The van der Waals surface area contributed by atoms with Crippen LogP contribution in [0.4, 0.5) is 0 Å². The molecule has 2 saturated carbocycles. The molecule has 0 bridgehead atoms. The van der Waals surface area contributed by atoms with Crippen molar-refractivity contribution >= 4 is 11.8 Å². The van der Waals surface area contributed by atoms with Gasteiger partial charge in [-0.3, -0.25) is 9.59 Å². The Labute approximate surface area is 155 Å².